The van der Waals surface area contributed by atoms with E-state index in [1.807, 2.05) is 0 Å². The summed E-state index contributed by atoms with van der Waals surface area (Å²) in [5, 5.41) is 3.77. The lowest BCUT2D eigenvalue weighted by Gasteiger charge is -2.36. The van der Waals surface area contributed by atoms with E-state index in [0.717, 1.165) is 26.0 Å². The Morgan fingerprint density at radius 3 is 2.76 bits per heavy atom. The summed E-state index contributed by atoms with van der Waals surface area (Å²) in [5.41, 5.74) is 2.75. The van der Waals surface area contributed by atoms with Crippen LogP contribution in [0.15, 0.2) is 24.3 Å². The molecular weight excluding hydrogens is 260 g/mol. The minimum absolute atomic E-state index is 0.000186. The standard InChI is InChI=1S/C18H28N2O/c1-18(2)13-16(9-12-21-18)19-17-8-4-3-7-15(17)14-20-10-5-6-11-20/h3-4,7-8,16,19H,5-6,9-14H2,1-2H3. The number of hydrogen-bond donors (Lipinski definition) is 1. The maximum Gasteiger partial charge on any atom is 0.0646 e. The zero-order valence-electron chi connectivity index (χ0n) is 13.4. The molecule has 3 nitrogen and oxygen atoms in total. The van der Waals surface area contributed by atoms with Gasteiger partial charge in [0.15, 0.2) is 0 Å². The molecule has 0 aliphatic carbocycles. The monoisotopic (exact) mass is 288 g/mol. The van der Waals surface area contributed by atoms with E-state index in [4.69, 9.17) is 4.74 Å². The Bertz CT molecular complexity index is 466. The van der Waals surface area contributed by atoms with Gasteiger partial charge in [-0.25, -0.2) is 0 Å². The van der Waals surface area contributed by atoms with E-state index in [1.54, 1.807) is 0 Å². The van der Waals surface area contributed by atoms with Gasteiger partial charge in [0.2, 0.25) is 0 Å². The molecule has 1 N–H and O–H groups in total. The largest absolute Gasteiger partial charge is 0.382 e. The van der Waals surface area contributed by atoms with Crippen molar-refractivity contribution in [3.05, 3.63) is 29.8 Å². The van der Waals surface area contributed by atoms with Gasteiger partial charge in [0.1, 0.15) is 0 Å². The first kappa shape index (κ1) is 14.9. The molecule has 1 unspecified atom stereocenters. The number of ether oxygens (including phenoxy) is 1. The summed E-state index contributed by atoms with van der Waals surface area (Å²) in [6.45, 7) is 8.82. The summed E-state index contributed by atoms with van der Waals surface area (Å²) in [4.78, 5) is 2.56. The lowest BCUT2D eigenvalue weighted by molar-refractivity contribution is -0.0553. The molecule has 0 saturated carbocycles. The van der Waals surface area contributed by atoms with E-state index >= 15 is 0 Å². The maximum atomic E-state index is 5.82. The predicted octanol–water partition coefficient (Wildman–Crippen LogP) is 3.65. The van der Waals surface area contributed by atoms with E-state index in [1.165, 1.54) is 37.2 Å². The molecule has 2 aliphatic heterocycles. The number of para-hydroxylation sites is 1. The molecule has 0 amide bonds. The molecule has 2 fully saturated rings. The second kappa shape index (κ2) is 6.37. The van der Waals surface area contributed by atoms with Gasteiger partial charge in [0.05, 0.1) is 5.60 Å². The highest BCUT2D eigenvalue weighted by molar-refractivity contribution is 5.52. The Morgan fingerprint density at radius 1 is 1.24 bits per heavy atom. The van der Waals surface area contributed by atoms with E-state index in [9.17, 15) is 0 Å². The van der Waals surface area contributed by atoms with Gasteiger partial charge in [-0.05, 0) is 64.3 Å². The van der Waals surface area contributed by atoms with Crippen LogP contribution in [0.25, 0.3) is 0 Å². The molecule has 0 spiro atoms. The van der Waals surface area contributed by atoms with Crippen LogP contribution in [0, 0.1) is 0 Å². The first-order valence-electron chi connectivity index (χ1n) is 8.33. The van der Waals surface area contributed by atoms with Crippen molar-refractivity contribution in [2.45, 2.75) is 57.7 Å². The summed E-state index contributed by atoms with van der Waals surface area (Å²) >= 11 is 0. The Balaban J connectivity index is 1.67. The molecule has 1 aromatic rings. The van der Waals surface area contributed by atoms with Crippen LogP contribution in [0.4, 0.5) is 5.69 Å². The lowest BCUT2D eigenvalue weighted by Crippen LogP contribution is -2.40. The Kier molecular flexibility index (Phi) is 4.51. The van der Waals surface area contributed by atoms with Crippen LogP contribution >= 0.6 is 0 Å². The highest BCUT2D eigenvalue weighted by Crippen LogP contribution is 2.28. The smallest absolute Gasteiger partial charge is 0.0646 e. The number of nitrogens with zero attached hydrogens (tertiary/aromatic N) is 1. The predicted molar refractivity (Wildman–Crippen MR) is 87.6 cm³/mol. The van der Waals surface area contributed by atoms with Crippen LogP contribution < -0.4 is 5.32 Å². The van der Waals surface area contributed by atoms with E-state index < -0.39 is 0 Å². The van der Waals surface area contributed by atoms with Crippen molar-refractivity contribution in [1.29, 1.82) is 0 Å². The van der Waals surface area contributed by atoms with Gasteiger partial charge in [0.25, 0.3) is 0 Å². The third-order valence-electron chi connectivity index (χ3n) is 4.67. The molecule has 0 radical (unpaired) electrons. The minimum atomic E-state index is -0.000186. The first-order valence-corrected chi connectivity index (χ1v) is 8.33. The Morgan fingerprint density at radius 2 is 2.00 bits per heavy atom. The number of rotatable bonds is 4. The third-order valence-corrected chi connectivity index (χ3v) is 4.67. The minimum Gasteiger partial charge on any atom is -0.382 e. The van der Waals surface area contributed by atoms with Crippen molar-refractivity contribution in [3.8, 4) is 0 Å². The molecule has 1 aromatic carbocycles. The van der Waals surface area contributed by atoms with E-state index in [0.29, 0.717) is 6.04 Å². The van der Waals surface area contributed by atoms with E-state index in [2.05, 4.69) is 48.3 Å². The van der Waals surface area contributed by atoms with Crippen molar-refractivity contribution in [3.63, 3.8) is 0 Å². The third kappa shape index (κ3) is 3.98. The molecule has 0 bridgehead atoms. The second-order valence-electron chi connectivity index (χ2n) is 7.08. The molecule has 2 saturated heterocycles. The summed E-state index contributed by atoms with van der Waals surface area (Å²) in [5.74, 6) is 0. The SMILES string of the molecule is CC1(C)CC(Nc2ccccc2CN2CCCC2)CCO1. The van der Waals surface area contributed by atoms with E-state index in [-0.39, 0.29) is 5.60 Å². The molecule has 3 heteroatoms. The lowest BCUT2D eigenvalue weighted by atomic mass is 9.93. The van der Waals surface area contributed by atoms with Crippen LogP contribution in [-0.2, 0) is 11.3 Å². The quantitative estimate of drug-likeness (QED) is 0.915. The number of likely N-dealkylation sites (tertiary alicyclic amines) is 1. The fourth-order valence-electron chi connectivity index (χ4n) is 3.56. The highest BCUT2D eigenvalue weighted by Gasteiger charge is 2.29. The van der Waals surface area contributed by atoms with Gasteiger partial charge >= 0.3 is 0 Å². The molecular formula is C18H28N2O. The summed E-state index contributed by atoms with van der Waals surface area (Å²) in [6.07, 6.45) is 4.88. The fraction of sp³-hybridized carbons (Fsp3) is 0.667. The maximum absolute atomic E-state index is 5.82. The van der Waals surface area contributed by atoms with Crippen LogP contribution in [-0.4, -0.2) is 36.2 Å². The van der Waals surface area contributed by atoms with Crippen LogP contribution in [0.3, 0.4) is 0 Å². The first-order chi connectivity index (χ1) is 10.1. The number of hydrogen-bond acceptors (Lipinski definition) is 3. The fourth-order valence-corrected chi connectivity index (χ4v) is 3.56. The van der Waals surface area contributed by atoms with Gasteiger partial charge in [0, 0.05) is 24.9 Å². The van der Waals surface area contributed by atoms with Crippen LogP contribution in [0.5, 0.6) is 0 Å². The zero-order chi connectivity index (χ0) is 14.7. The number of anilines is 1. The zero-order valence-corrected chi connectivity index (χ0v) is 13.4. The van der Waals surface area contributed by atoms with Gasteiger partial charge in [-0.15, -0.1) is 0 Å². The summed E-state index contributed by atoms with van der Waals surface area (Å²) in [7, 11) is 0. The van der Waals surface area contributed by atoms with Crippen LogP contribution in [0.1, 0.15) is 45.1 Å². The van der Waals surface area contributed by atoms with Crippen molar-refractivity contribution in [1.82, 2.24) is 4.90 Å². The summed E-state index contributed by atoms with van der Waals surface area (Å²) < 4.78 is 5.82. The normalized spacial score (nSPS) is 25.9. The van der Waals surface area contributed by atoms with Crippen molar-refractivity contribution in [2.24, 2.45) is 0 Å². The van der Waals surface area contributed by atoms with Gasteiger partial charge in [-0.2, -0.15) is 0 Å². The molecule has 116 valence electrons. The number of benzene rings is 1. The molecule has 21 heavy (non-hydrogen) atoms. The van der Waals surface area contributed by atoms with Crippen LogP contribution in [0.2, 0.25) is 0 Å². The molecule has 1 atom stereocenters. The second-order valence-corrected chi connectivity index (χ2v) is 7.08. The topological polar surface area (TPSA) is 24.5 Å². The average Bonchev–Trinajstić information content (AvgIpc) is 2.93. The Hall–Kier alpha value is -1.06. The van der Waals surface area contributed by atoms with Gasteiger partial charge in [-0.1, -0.05) is 18.2 Å². The van der Waals surface area contributed by atoms with Gasteiger partial charge < -0.3 is 10.1 Å². The molecule has 2 heterocycles. The van der Waals surface area contributed by atoms with Gasteiger partial charge in [-0.3, -0.25) is 4.90 Å². The number of nitrogens with one attached hydrogen (secondary N) is 1. The molecule has 2 aliphatic rings. The van der Waals surface area contributed by atoms with Crippen molar-refractivity contribution < 1.29 is 4.74 Å². The highest BCUT2D eigenvalue weighted by atomic mass is 16.5. The molecule has 0 aromatic heterocycles. The summed E-state index contributed by atoms with van der Waals surface area (Å²) in [6, 6.07) is 9.32. The Labute approximate surface area is 128 Å². The van der Waals surface area contributed by atoms with Crippen molar-refractivity contribution >= 4 is 5.69 Å². The average molecular weight is 288 g/mol. The van der Waals surface area contributed by atoms with Crippen molar-refractivity contribution in [2.75, 3.05) is 25.0 Å². The molecule has 3 rings (SSSR count).